The number of guanidine groups is 1. The third kappa shape index (κ3) is 7.80. The first-order chi connectivity index (χ1) is 13.3. The Morgan fingerprint density at radius 3 is 2.25 bits per heavy atom. The molecule has 4 nitrogen and oxygen atoms in total. The van der Waals surface area contributed by atoms with Crippen LogP contribution in [0.5, 0.6) is 0 Å². The largest absolute Gasteiger partial charge is 0.356 e. The van der Waals surface area contributed by atoms with Crippen LogP contribution in [0.3, 0.4) is 0 Å². The Hall–Kier alpha value is -1.60. The molecule has 3 rings (SSSR count). The fourth-order valence-corrected chi connectivity index (χ4v) is 3.65. The average molecular weight is 492 g/mol. The molecule has 2 N–H and O–H groups in total. The second-order valence-electron chi connectivity index (χ2n) is 7.31. The molecule has 152 valence electrons. The molecule has 0 bridgehead atoms. The Labute approximate surface area is 186 Å². The van der Waals surface area contributed by atoms with Crippen molar-refractivity contribution in [3.05, 3.63) is 71.8 Å². The normalized spacial score (nSPS) is 17.2. The molecule has 0 radical (unpaired) electrons. The van der Waals surface area contributed by atoms with Crippen LogP contribution in [-0.2, 0) is 12.8 Å². The summed E-state index contributed by atoms with van der Waals surface area (Å²) in [6.45, 7) is 5.44. The van der Waals surface area contributed by atoms with Crippen LogP contribution < -0.4 is 10.6 Å². The maximum atomic E-state index is 4.36. The van der Waals surface area contributed by atoms with Crippen molar-refractivity contribution in [2.45, 2.75) is 19.3 Å². The SMILES string of the molecule is CN=C(NCCc1ccccc1)NCC1CCN(CCc2ccccc2)C1.I. The fraction of sp³-hybridized carbons (Fsp3) is 0.435. The highest BCUT2D eigenvalue weighted by atomic mass is 127. The summed E-state index contributed by atoms with van der Waals surface area (Å²) in [6, 6.07) is 21.4. The number of halogens is 1. The van der Waals surface area contributed by atoms with Crippen LogP contribution in [0.1, 0.15) is 17.5 Å². The van der Waals surface area contributed by atoms with Crippen LogP contribution in [-0.4, -0.2) is 50.6 Å². The minimum atomic E-state index is 0. The van der Waals surface area contributed by atoms with Gasteiger partial charge in [0.1, 0.15) is 0 Å². The quantitative estimate of drug-likeness (QED) is 0.336. The van der Waals surface area contributed by atoms with Crippen molar-refractivity contribution in [2.24, 2.45) is 10.9 Å². The topological polar surface area (TPSA) is 39.7 Å². The van der Waals surface area contributed by atoms with E-state index in [1.807, 2.05) is 7.05 Å². The molecule has 1 aliphatic heterocycles. The van der Waals surface area contributed by atoms with E-state index in [1.54, 1.807) is 0 Å². The van der Waals surface area contributed by atoms with E-state index >= 15 is 0 Å². The molecule has 0 spiro atoms. The highest BCUT2D eigenvalue weighted by Crippen LogP contribution is 2.16. The van der Waals surface area contributed by atoms with Crippen molar-refractivity contribution >= 4 is 29.9 Å². The molecule has 0 aliphatic carbocycles. The zero-order valence-electron chi connectivity index (χ0n) is 16.8. The second-order valence-corrected chi connectivity index (χ2v) is 7.31. The first kappa shape index (κ1) is 22.7. The van der Waals surface area contributed by atoms with Crippen molar-refractivity contribution in [3.8, 4) is 0 Å². The van der Waals surface area contributed by atoms with Crippen LogP contribution >= 0.6 is 24.0 Å². The van der Waals surface area contributed by atoms with Crippen LogP contribution in [0.2, 0.25) is 0 Å². The molecule has 1 heterocycles. The first-order valence-electron chi connectivity index (χ1n) is 10.1. The van der Waals surface area contributed by atoms with Crippen LogP contribution in [0.4, 0.5) is 0 Å². The lowest BCUT2D eigenvalue weighted by molar-refractivity contribution is 0.328. The van der Waals surface area contributed by atoms with Crippen molar-refractivity contribution in [1.82, 2.24) is 15.5 Å². The summed E-state index contributed by atoms with van der Waals surface area (Å²) in [7, 11) is 1.85. The third-order valence-corrected chi connectivity index (χ3v) is 5.26. The predicted molar refractivity (Wildman–Crippen MR) is 130 cm³/mol. The van der Waals surface area contributed by atoms with Crippen LogP contribution in [0, 0.1) is 5.92 Å². The zero-order chi connectivity index (χ0) is 18.7. The van der Waals surface area contributed by atoms with Crippen molar-refractivity contribution in [1.29, 1.82) is 0 Å². The maximum absolute atomic E-state index is 4.36. The Kier molecular flexibility index (Phi) is 10.4. The van der Waals surface area contributed by atoms with Crippen LogP contribution in [0.15, 0.2) is 65.7 Å². The summed E-state index contributed by atoms with van der Waals surface area (Å²) in [5.41, 5.74) is 2.78. The predicted octanol–water partition coefficient (Wildman–Crippen LogP) is 3.58. The highest BCUT2D eigenvalue weighted by molar-refractivity contribution is 14.0. The molecule has 0 aromatic heterocycles. The van der Waals surface area contributed by atoms with Crippen molar-refractivity contribution in [3.63, 3.8) is 0 Å². The highest BCUT2D eigenvalue weighted by Gasteiger charge is 2.22. The van der Waals surface area contributed by atoms with E-state index in [0.29, 0.717) is 5.92 Å². The van der Waals surface area contributed by atoms with E-state index in [0.717, 1.165) is 38.4 Å². The minimum absolute atomic E-state index is 0. The molecule has 5 heteroatoms. The molecule has 1 aliphatic rings. The van der Waals surface area contributed by atoms with Gasteiger partial charge in [-0.3, -0.25) is 4.99 Å². The van der Waals surface area contributed by atoms with Crippen LogP contribution in [0.25, 0.3) is 0 Å². The number of nitrogens with zero attached hydrogens (tertiary/aromatic N) is 2. The maximum Gasteiger partial charge on any atom is 0.190 e. The van der Waals surface area contributed by atoms with Crippen molar-refractivity contribution in [2.75, 3.05) is 39.8 Å². The first-order valence-corrected chi connectivity index (χ1v) is 10.1. The standard InChI is InChI=1S/C23H32N4.HI/c1-24-23(25-15-12-20-8-4-2-5-9-20)26-18-22-14-17-27(19-22)16-13-21-10-6-3-7-11-21;/h2-11,22H,12-19H2,1H3,(H2,24,25,26);1H. The number of hydrogen-bond donors (Lipinski definition) is 2. The van der Waals surface area contributed by atoms with Gasteiger partial charge < -0.3 is 15.5 Å². The molecule has 1 fully saturated rings. The van der Waals surface area contributed by atoms with E-state index < -0.39 is 0 Å². The molecule has 1 atom stereocenters. The van der Waals surface area contributed by atoms with E-state index in [-0.39, 0.29) is 24.0 Å². The fourth-order valence-electron chi connectivity index (χ4n) is 3.65. The van der Waals surface area contributed by atoms with Gasteiger partial charge in [-0.15, -0.1) is 24.0 Å². The van der Waals surface area contributed by atoms with Crippen molar-refractivity contribution < 1.29 is 0 Å². The smallest absolute Gasteiger partial charge is 0.190 e. The van der Waals surface area contributed by atoms with Gasteiger partial charge >= 0.3 is 0 Å². The molecular formula is C23H33IN4. The summed E-state index contributed by atoms with van der Waals surface area (Å²) >= 11 is 0. The number of rotatable bonds is 8. The van der Waals surface area contributed by atoms with Gasteiger partial charge in [0.2, 0.25) is 0 Å². The number of likely N-dealkylation sites (tertiary alicyclic amines) is 1. The molecule has 0 saturated carbocycles. The molecule has 1 saturated heterocycles. The lowest BCUT2D eigenvalue weighted by Gasteiger charge is -2.17. The van der Waals surface area contributed by atoms with E-state index in [1.165, 1.54) is 30.6 Å². The average Bonchev–Trinajstić information content (AvgIpc) is 3.18. The van der Waals surface area contributed by atoms with Gasteiger partial charge in [-0.05, 0) is 42.9 Å². The Bertz CT molecular complexity index is 690. The van der Waals surface area contributed by atoms with Gasteiger partial charge in [0.05, 0.1) is 0 Å². The number of nitrogens with one attached hydrogen (secondary N) is 2. The lowest BCUT2D eigenvalue weighted by Crippen LogP contribution is -2.41. The third-order valence-electron chi connectivity index (χ3n) is 5.26. The van der Waals surface area contributed by atoms with E-state index in [2.05, 4.69) is 81.2 Å². The van der Waals surface area contributed by atoms with Gasteiger partial charge in [-0.2, -0.15) is 0 Å². The monoisotopic (exact) mass is 492 g/mol. The van der Waals surface area contributed by atoms with E-state index in [9.17, 15) is 0 Å². The van der Waals surface area contributed by atoms with Gasteiger partial charge in [-0.1, -0.05) is 60.7 Å². The molecule has 2 aromatic carbocycles. The molecule has 28 heavy (non-hydrogen) atoms. The lowest BCUT2D eigenvalue weighted by atomic mass is 10.1. The summed E-state index contributed by atoms with van der Waals surface area (Å²) in [5.74, 6) is 1.61. The van der Waals surface area contributed by atoms with Gasteiger partial charge in [0.15, 0.2) is 5.96 Å². The Morgan fingerprint density at radius 2 is 1.61 bits per heavy atom. The van der Waals surface area contributed by atoms with Gasteiger partial charge in [-0.25, -0.2) is 0 Å². The number of hydrogen-bond acceptors (Lipinski definition) is 2. The summed E-state index contributed by atoms with van der Waals surface area (Å²) in [6.07, 6.45) is 3.42. The zero-order valence-corrected chi connectivity index (χ0v) is 19.1. The Balaban J connectivity index is 0.00000280. The van der Waals surface area contributed by atoms with Gasteiger partial charge in [0, 0.05) is 33.2 Å². The molecule has 2 aromatic rings. The molecule has 1 unspecified atom stereocenters. The number of benzene rings is 2. The van der Waals surface area contributed by atoms with E-state index in [4.69, 9.17) is 0 Å². The second kappa shape index (κ2) is 12.8. The van der Waals surface area contributed by atoms with Gasteiger partial charge in [0.25, 0.3) is 0 Å². The summed E-state index contributed by atoms with van der Waals surface area (Å²) < 4.78 is 0. The molecular weight excluding hydrogens is 459 g/mol. The minimum Gasteiger partial charge on any atom is -0.356 e. The summed E-state index contributed by atoms with van der Waals surface area (Å²) in [5, 5.41) is 6.93. The Morgan fingerprint density at radius 1 is 0.964 bits per heavy atom. The summed E-state index contributed by atoms with van der Waals surface area (Å²) in [4.78, 5) is 6.94. The number of aliphatic imine (C=N–C) groups is 1. The molecule has 0 amide bonds.